The molecule has 106 valence electrons. The van der Waals surface area contributed by atoms with E-state index in [4.69, 9.17) is 4.74 Å². The van der Waals surface area contributed by atoms with E-state index in [1.54, 1.807) is 42.6 Å². The quantitative estimate of drug-likeness (QED) is 0.835. The van der Waals surface area contributed by atoms with E-state index in [1.807, 2.05) is 0 Å². The predicted octanol–water partition coefficient (Wildman–Crippen LogP) is 1.17. The maximum absolute atomic E-state index is 11.4. The summed E-state index contributed by atoms with van der Waals surface area (Å²) < 4.78 is 39.2. The molecule has 7 heteroatoms. The lowest BCUT2D eigenvalue weighted by Gasteiger charge is -2.22. The van der Waals surface area contributed by atoms with Crippen LogP contribution in [0.5, 0.6) is 5.75 Å². The molecule has 2 aromatic rings. The van der Waals surface area contributed by atoms with Gasteiger partial charge in [-0.3, -0.25) is 0 Å². The van der Waals surface area contributed by atoms with Crippen LogP contribution in [0.15, 0.2) is 48.8 Å². The molecule has 0 aliphatic rings. The van der Waals surface area contributed by atoms with E-state index in [9.17, 15) is 13.0 Å². The van der Waals surface area contributed by atoms with Gasteiger partial charge in [0.25, 0.3) is 0 Å². The SMILES string of the molecule is COc1ccc(NC(c2ccc[nH+]c2)S(=O)(=O)[O-])cc1. The third kappa shape index (κ3) is 3.46. The van der Waals surface area contributed by atoms with Crippen LogP contribution >= 0.6 is 0 Å². The summed E-state index contributed by atoms with van der Waals surface area (Å²) in [7, 11) is -3.01. The van der Waals surface area contributed by atoms with Gasteiger partial charge in [0.2, 0.25) is 0 Å². The van der Waals surface area contributed by atoms with Crippen LogP contribution in [-0.4, -0.2) is 20.1 Å². The number of aromatic amines is 1. The number of pyridine rings is 1. The molecule has 0 saturated heterocycles. The molecule has 0 spiro atoms. The lowest BCUT2D eigenvalue weighted by atomic mass is 10.2. The molecule has 20 heavy (non-hydrogen) atoms. The summed E-state index contributed by atoms with van der Waals surface area (Å²) in [4.78, 5) is 2.75. The number of ether oxygens (including phenoxy) is 1. The summed E-state index contributed by atoms with van der Waals surface area (Å²) in [5, 5.41) is 1.36. The fraction of sp³-hybridized carbons (Fsp3) is 0.154. The van der Waals surface area contributed by atoms with Crippen LogP contribution in [0.3, 0.4) is 0 Å². The van der Waals surface area contributed by atoms with Crippen molar-refractivity contribution in [3.8, 4) is 5.75 Å². The highest BCUT2D eigenvalue weighted by Crippen LogP contribution is 2.24. The molecular formula is C13H14N2O4S. The van der Waals surface area contributed by atoms with E-state index < -0.39 is 15.5 Å². The van der Waals surface area contributed by atoms with Crippen LogP contribution in [0.25, 0.3) is 0 Å². The Labute approximate surface area is 117 Å². The number of nitrogens with one attached hydrogen (secondary N) is 2. The fourth-order valence-corrected chi connectivity index (χ4v) is 2.49. The van der Waals surface area contributed by atoms with Crippen LogP contribution in [0.2, 0.25) is 0 Å². The Balaban J connectivity index is 2.29. The van der Waals surface area contributed by atoms with Gasteiger partial charge in [0.15, 0.2) is 12.4 Å². The first kappa shape index (κ1) is 14.3. The van der Waals surface area contributed by atoms with E-state index in [0.29, 0.717) is 17.0 Å². The van der Waals surface area contributed by atoms with E-state index in [2.05, 4.69) is 10.3 Å². The number of benzene rings is 1. The molecule has 2 rings (SSSR count). The molecule has 1 unspecified atom stereocenters. The van der Waals surface area contributed by atoms with E-state index >= 15 is 0 Å². The topological polar surface area (TPSA) is 92.6 Å². The molecule has 0 fully saturated rings. The predicted molar refractivity (Wildman–Crippen MR) is 72.1 cm³/mol. The minimum absolute atomic E-state index is 0.346. The minimum Gasteiger partial charge on any atom is -0.746 e. The van der Waals surface area contributed by atoms with E-state index in [-0.39, 0.29) is 0 Å². The van der Waals surface area contributed by atoms with Crippen molar-refractivity contribution in [1.29, 1.82) is 0 Å². The molecule has 0 aliphatic carbocycles. The molecule has 6 nitrogen and oxygen atoms in total. The second-order valence-electron chi connectivity index (χ2n) is 4.08. The Morgan fingerprint density at radius 2 is 1.95 bits per heavy atom. The van der Waals surface area contributed by atoms with Gasteiger partial charge in [0.1, 0.15) is 21.2 Å². The summed E-state index contributed by atoms with van der Waals surface area (Å²) >= 11 is 0. The second-order valence-corrected chi connectivity index (χ2v) is 5.54. The smallest absolute Gasteiger partial charge is 0.173 e. The standard InChI is InChI=1S/C13H14N2O4S/c1-19-12-6-4-11(5-7-12)15-13(20(16,17)18)10-3-2-8-14-9-10/h2-9,13,15H,1H3,(H,16,17,18). The highest BCUT2D eigenvalue weighted by molar-refractivity contribution is 7.86. The van der Waals surface area contributed by atoms with Crippen molar-refractivity contribution in [2.75, 3.05) is 12.4 Å². The average molecular weight is 294 g/mol. The molecule has 2 N–H and O–H groups in total. The van der Waals surface area contributed by atoms with Crippen molar-refractivity contribution >= 4 is 15.8 Å². The normalized spacial score (nSPS) is 12.7. The van der Waals surface area contributed by atoms with Gasteiger partial charge < -0.3 is 14.6 Å². The van der Waals surface area contributed by atoms with Gasteiger partial charge in [-0.2, -0.15) is 0 Å². The summed E-state index contributed by atoms with van der Waals surface area (Å²) in [6.07, 6.45) is 3.10. The van der Waals surface area contributed by atoms with Crippen LogP contribution in [0, 0.1) is 0 Å². The Bertz CT molecular complexity index is 657. The van der Waals surface area contributed by atoms with Gasteiger partial charge in [-0.15, -0.1) is 0 Å². The number of anilines is 1. The van der Waals surface area contributed by atoms with Gasteiger partial charge in [-0.25, -0.2) is 13.4 Å². The van der Waals surface area contributed by atoms with Gasteiger partial charge in [0, 0.05) is 11.8 Å². The number of hydrogen-bond acceptors (Lipinski definition) is 5. The first-order valence-electron chi connectivity index (χ1n) is 5.82. The van der Waals surface area contributed by atoms with Gasteiger partial charge in [-0.05, 0) is 30.3 Å². The molecule has 0 amide bonds. The van der Waals surface area contributed by atoms with Crippen molar-refractivity contribution in [2.45, 2.75) is 5.37 Å². The molecule has 0 aliphatic heterocycles. The van der Waals surface area contributed by atoms with Gasteiger partial charge in [0.05, 0.1) is 12.7 Å². The second kappa shape index (κ2) is 5.89. The Hall–Kier alpha value is -2.12. The zero-order chi connectivity index (χ0) is 14.6. The zero-order valence-corrected chi connectivity index (χ0v) is 11.6. The van der Waals surface area contributed by atoms with E-state index in [0.717, 1.165) is 0 Å². The Morgan fingerprint density at radius 3 is 2.45 bits per heavy atom. The van der Waals surface area contributed by atoms with Gasteiger partial charge in [-0.1, -0.05) is 0 Å². The number of hydrogen-bond donors (Lipinski definition) is 1. The van der Waals surface area contributed by atoms with Crippen molar-refractivity contribution in [3.63, 3.8) is 0 Å². The van der Waals surface area contributed by atoms with Crippen molar-refractivity contribution in [1.82, 2.24) is 0 Å². The lowest BCUT2D eigenvalue weighted by molar-refractivity contribution is -0.378. The number of H-pyrrole nitrogens is 1. The van der Waals surface area contributed by atoms with Crippen LogP contribution in [0.1, 0.15) is 10.9 Å². The molecular weight excluding hydrogens is 280 g/mol. The van der Waals surface area contributed by atoms with Crippen molar-refractivity contribution in [2.24, 2.45) is 0 Å². The lowest BCUT2D eigenvalue weighted by Crippen LogP contribution is -2.22. The molecule has 0 bridgehead atoms. The van der Waals surface area contributed by atoms with Crippen LogP contribution < -0.4 is 15.0 Å². The first-order chi connectivity index (χ1) is 9.50. The molecule has 1 atom stereocenters. The number of rotatable bonds is 5. The zero-order valence-electron chi connectivity index (χ0n) is 10.7. The molecule has 0 radical (unpaired) electrons. The molecule has 1 aromatic carbocycles. The highest BCUT2D eigenvalue weighted by atomic mass is 32.2. The molecule has 1 aromatic heterocycles. The fourth-order valence-electron chi connectivity index (χ4n) is 1.73. The van der Waals surface area contributed by atoms with E-state index in [1.165, 1.54) is 13.3 Å². The largest absolute Gasteiger partial charge is 0.746 e. The summed E-state index contributed by atoms with van der Waals surface area (Å²) in [6, 6.07) is 9.82. The summed E-state index contributed by atoms with van der Waals surface area (Å²) in [6.45, 7) is 0. The van der Waals surface area contributed by atoms with Crippen LogP contribution in [0.4, 0.5) is 5.69 Å². The average Bonchev–Trinajstić information content (AvgIpc) is 2.45. The maximum Gasteiger partial charge on any atom is 0.173 e. The summed E-state index contributed by atoms with van der Waals surface area (Å²) in [5.41, 5.74) is 0.859. The Kier molecular flexibility index (Phi) is 4.21. The number of methoxy groups -OCH3 is 1. The monoisotopic (exact) mass is 294 g/mol. The van der Waals surface area contributed by atoms with Crippen molar-refractivity contribution in [3.05, 3.63) is 54.4 Å². The molecule has 1 heterocycles. The Morgan fingerprint density at radius 1 is 1.25 bits per heavy atom. The number of aromatic nitrogens is 1. The third-order valence-corrected chi connectivity index (χ3v) is 3.68. The third-order valence-electron chi connectivity index (χ3n) is 2.71. The van der Waals surface area contributed by atoms with Gasteiger partial charge >= 0.3 is 0 Å². The molecule has 0 saturated carbocycles. The van der Waals surface area contributed by atoms with Crippen molar-refractivity contribution < 1.29 is 22.7 Å². The summed E-state index contributed by atoms with van der Waals surface area (Å²) in [5.74, 6) is 0.644. The van der Waals surface area contributed by atoms with Crippen LogP contribution in [-0.2, 0) is 10.1 Å². The first-order valence-corrected chi connectivity index (χ1v) is 7.29. The highest BCUT2D eigenvalue weighted by Gasteiger charge is 2.20. The minimum atomic E-state index is -4.54. The maximum atomic E-state index is 11.4.